The molecule has 0 spiro atoms. The van der Waals surface area contributed by atoms with Crippen LogP contribution in [0.4, 0.5) is 0 Å². The lowest BCUT2D eigenvalue weighted by atomic mass is 9.90. The second-order valence-electron chi connectivity index (χ2n) is 5.53. The zero-order valence-electron chi connectivity index (χ0n) is 11.3. The van der Waals surface area contributed by atoms with Crippen molar-refractivity contribution in [2.45, 2.75) is 32.8 Å². The number of nitrogens with one attached hydrogen (secondary N) is 1. The third-order valence-corrected chi connectivity index (χ3v) is 3.00. The molecule has 0 saturated carbocycles. The minimum Gasteiger partial charge on any atom is -0.508 e. The van der Waals surface area contributed by atoms with E-state index in [4.69, 9.17) is 0 Å². The predicted octanol–water partition coefficient (Wildman–Crippen LogP) is 1.66. The minimum absolute atomic E-state index is 0.141. The zero-order chi connectivity index (χ0) is 14.2. The number of aliphatic hydroxyl groups excluding tert-OH is 1. The average molecular weight is 262 g/mol. The highest BCUT2D eigenvalue weighted by molar-refractivity contribution is 5.38. The summed E-state index contributed by atoms with van der Waals surface area (Å²) in [6.45, 7) is 5.61. The van der Waals surface area contributed by atoms with E-state index in [9.17, 15) is 15.0 Å². The molecule has 19 heavy (non-hydrogen) atoms. The molecule has 0 bridgehead atoms. The monoisotopic (exact) mass is 262 g/mol. The van der Waals surface area contributed by atoms with Crippen LogP contribution in [0.3, 0.4) is 0 Å². The summed E-state index contributed by atoms with van der Waals surface area (Å²) in [7, 11) is 0. The Balaban J connectivity index is 2.63. The number of phenolic OH excluding ortho intramolecular Hbond substituents is 1. The van der Waals surface area contributed by atoms with E-state index >= 15 is 0 Å². The van der Waals surface area contributed by atoms with Crippen LogP contribution in [-0.2, 0) is 12.0 Å². The van der Waals surface area contributed by atoms with Gasteiger partial charge in [0.15, 0.2) is 0 Å². The van der Waals surface area contributed by atoms with E-state index in [-0.39, 0.29) is 23.3 Å². The van der Waals surface area contributed by atoms with E-state index in [0.717, 1.165) is 0 Å². The second kappa shape index (κ2) is 4.59. The lowest BCUT2D eigenvalue weighted by molar-refractivity contribution is 0.277. The van der Waals surface area contributed by atoms with Gasteiger partial charge in [0, 0.05) is 11.1 Å². The maximum Gasteiger partial charge on any atom is 0.277 e. The summed E-state index contributed by atoms with van der Waals surface area (Å²) in [5.41, 5.74) is 1.18. The fourth-order valence-electron chi connectivity index (χ4n) is 2.02. The number of H-pyrrole nitrogens is 1. The van der Waals surface area contributed by atoms with Crippen LogP contribution in [0.25, 0.3) is 5.69 Å². The third-order valence-electron chi connectivity index (χ3n) is 3.00. The fraction of sp³-hybridized carbons (Fsp3) is 0.357. The molecule has 0 aliphatic heterocycles. The standard InChI is InChI=1S/C14H18N2O3/c1-14(2,3)12-11(8-17)13(19)16(15-12)9-4-6-10(18)7-5-9/h4-7,15,17-18H,8H2,1-3H3. The molecule has 102 valence electrons. The van der Waals surface area contributed by atoms with E-state index in [1.54, 1.807) is 12.1 Å². The van der Waals surface area contributed by atoms with Crippen molar-refractivity contribution < 1.29 is 10.2 Å². The number of aromatic nitrogens is 2. The Bertz CT molecular complexity index is 630. The lowest BCUT2D eigenvalue weighted by Crippen LogP contribution is -2.18. The summed E-state index contributed by atoms with van der Waals surface area (Å²) < 4.78 is 1.38. The van der Waals surface area contributed by atoms with Crippen molar-refractivity contribution in [3.05, 3.63) is 45.9 Å². The number of aromatic amines is 1. The normalized spacial score (nSPS) is 11.8. The first kappa shape index (κ1) is 13.4. The molecule has 2 rings (SSSR count). The first-order valence-electron chi connectivity index (χ1n) is 6.09. The number of phenols is 1. The molecule has 5 heteroatoms. The van der Waals surface area contributed by atoms with Gasteiger partial charge in [-0.1, -0.05) is 20.8 Å². The summed E-state index contributed by atoms with van der Waals surface area (Å²) in [5, 5.41) is 21.7. The largest absolute Gasteiger partial charge is 0.508 e. The van der Waals surface area contributed by atoms with Crippen molar-refractivity contribution in [1.29, 1.82) is 0 Å². The average Bonchev–Trinajstić information content (AvgIpc) is 2.67. The van der Waals surface area contributed by atoms with Gasteiger partial charge >= 0.3 is 0 Å². The van der Waals surface area contributed by atoms with E-state index in [1.165, 1.54) is 16.8 Å². The van der Waals surface area contributed by atoms with Gasteiger partial charge in [-0.25, -0.2) is 4.68 Å². The third kappa shape index (κ3) is 2.42. The SMILES string of the molecule is CC(C)(C)c1[nH]n(-c2ccc(O)cc2)c(=O)c1CO. The van der Waals surface area contributed by atoms with Crippen LogP contribution in [0.15, 0.2) is 29.1 Å². The maximum absolute atomic E-state index is 12.3. The van der Waals surface area contributed by atoms with Crippen LogP contribution in [0.2, 0.25) is 0 Å². The summed E-state index contributed by atoms with van der Waals surface area (Å²) in [5.74, 6) is 0.141. The first-order valence-corrected chi connectivity index (χ1v) is 6.09. The van der Waals surface area contributed by atoms with Gasteiger partial charge in [-0.3, -0.25) is 9.89 Å². The smallest absolute Gasteiger partial charge is 0.277 e. The molecule has 0 aliphatic carbocycles. The van der Waals surface area contributed by atoms with Crippen LogP contribution in [-0.4, -0.2) is 20.0 Å². The predicted molar refractivity (Wildman–Crippen MR) is 72.7 cm³/mol. The van der Waals surface area contributed by atoms with Gasteiger partial charge in [-0.05, 0) is 24.3 Å². The Morgan fingerprint density at radius 1 is 1.21 bits per heavy atom. The molecule has 0 fully saturated rings. The fourth-order valence-corrected chi connectivity index (χ4v) is 2.02. The molecule has 3 N–H and O–H groups in total. The molecule has 1 aromatic carbocycles. The molecular formula is C14H18N2O3. The molecule has 0 atom stereocenters. The number of hydrogen-bond acceptors (Lipinski definition) is 3. The van der Waals surface area contributed by atoms with E-state index in [0.29, 0.717) is 16.9 Å². The van der Waals surface area contributed by atoms with Gasteiger partial charge < -0.3 is 10.2 Å². The minimum atomic E-state index is -0.299. The Hall–Kier alpha value is -2.01. The molecule has 0 unspecified atom stereocenters. The van der Waals surface area contributed by atoms with Crippen LogP contribution >= 0.6 is 0 Å². The van der Waals surface area contributed by atoms with Crippen LogP contribution in [0.1, 0.15) is 32.0 Å². The molecule has 0 amide bonds. The van der Waals surface area contributed by atoms with Crippen molar-refractivity contribution in [2.24, 2.45) is 0 Å². The summed E-state index contributed by atoms with van der Waals surface area (Å²) in [6.07, 6.45) is 0. The molecule has 0 saturated heterocycles. The van der Waals surface area contributed by atoms with Crippen LogP contribution in [0, 0.1) is 0 Å². The van der Waals surface area contributed by atoms with Gasteiger partial charge in [0.05, 0.1) is 17.9 Å². The molecule has 0 aliphatic rings. The van der Waals surface area contributed by atoms with E-state index in [2.05, 4.69) is 5.10 Å². The highest BCUT2D eigenvalue weighted by atomic mass is 16.3. The van der Waals surface area contributed by atoms with Gasteiger partial charge in [0.1, 0.15) is 5.75 Å². The Morgan fingerprint density at radius 2 is 1.79 bits per heavy atom. The summed E-state index contributed by atoms with van der Waals surface area (Å²) >= 11 is 0. The Kier molecular flexibility index (Phi) is 3.24. The first-order chi connectivity index (χ1) is 8.84. The molecular weight excluding hydrogens is 244 g/mol. The van der Waals surface area contributed by atoms with Crippen molar-refractivity contribution >= 4 is 0 Å². The second-order valence-corrected chi connectivity index (χ2v) is 5.53. The number of aliphatic hydroxyl groups is 1. The molecule has 5 nitrogen and oxygen atoms in total. The highest BCUT2D eigenvalue weighted by Gasteiger charge is 2.24. The van der Waals surface area contributed by atoms with Crippen LogP contribution < -0.4 is 5.56 Å². The molecule has 1 heterocycles. The Morgan fingerprint density at radius 3 is 2.21 bits per heavy atom. The number of rotatable bonds is 2. The van der Waals surface area contributed by atoms with Gasteiger partial charge in [-0.15, -0.1) is 0 Å². The zero-order valence-corrected chi connectivity index (χ0v) is 11.3. The van der Waals surface area contributed by atoms with Gasteiger partial charge in [0.2, 0.25) is 0 Å². The number of aromatic hydroxyl groups is 1. The molecule has 0 radical (unpaired) electrons. The van der Waals surface area contributed by atoms with Crippen molar-refractivity contribution in [3.8, 4) is 11.4 Å². The number of nitrogens with zero attached hydrogens (tertiary/aromatic N) is 1. The summed E-state index contributed by atoms with van der Waals surface area (Å²) in [6, 6.07) is 6.30. The maximum atomic E-state index is 12.3. The van der Waals surface area contributed by atoms with Gasteiger partial charge in [0.25, 0.3) is 5.56 Å². The van der Waals surface area contributed by atoms with Gasteiger partial charge in [-0.2, -0.15) is 0 Å². The molecule has 1 aromatic heterocycles. The van der Waals surface area contributed by atoms with Crippen molar-refractivity contribution in [1.82, 2.24) is 9.78 Å². The topological polar surface area (TPSA) is 78.2 Å². The van der Waals surface area contributed by atoms with E-state index < -0.39 is 0 Å². The Labute approximate surface area is 111 Å². The van der Waals surface area contributed by atoms with Crippen molar-refractivity contribution in [3.63, 3.8) is 0 Å². The highest BCUT2D eigenvalue weighted by Crippen LogP contribution is 2.23. The van der Waals surface area contributed by atoms with E-state index in [1.807, 2.05) is 20.8 Å². The quantitative estimate of drug-likeness (QED) is 0.770. The lowest BCUT2D eigenvalue weighted by Gasteiger charge is -2.17. The number of benzene rings is 1. The number of hydrogen-bond donors (Lipinski definition) is 3. The molecule has 2 aromatic rings. The van der Waals surface area contributed by atoms with Crippen LogP contribution in [0.5, 0.6) is 5.75 Å². The summed E-state index contributed by atoms with van der Waals surface area (Å²) in [4.78, 5) is 12.3. The van der Waals surface area contributed by atoms with Crippen molar-refractivity contribution in [2.75, 3.05) is 0 Å².